The van der Waals surface area contributed by atoms with E-state index in [9.17, 15) is 22.8 Å². The lowest BCUT2D eigenvalue weighted by Gasteiger charge is -2.25. The Kier molecular flexibility index (Phi) is 4.44. The van der Waals surface area contributed by atoms with Crippen molar-refractivity contribution in [2.24, 2.45) is 5.92 Å². The molecule has 0 radical (unpaired) electrons. The number of benzene rings is 1. The van der Waals surface area contributed by atoms with Crippen LogP contribution in [0.2, 0.25) is 0 Å². The van der Waals surface area contributed by atoms with E-state index >= 15 is 0 Å². The van der Waals surface area contributed by atoms with Crippen LogP contribution in [0.15, 0.2) is 24.3 Å². The summed E-state index contributed by atoms with van der Waals surface area (Å²) in [7, 11) is 0. The quantitative estimate of drug-likeness (QED) is 0.869. The topological polar surface area (TPSA) is 49.4 Å². The molecule has 0 bridgehead atoms. The van der Waals surface area contributed by atoms with Crippen molar-refractivity contribution < 1.29 is 22.8 Å². The molecule has 22 heavy (non-hydrogen) atoms. The maximum Gasteiger partial charge on any atom is 0.416 e. The van der Waals surface area contributed by atoms with Gasteiger partial charge in [0.1, 0.15) is 0 Å². The first-order valence-corrected chi connectivity index (χ1v) is 6.95. The van der Waals surface area contributed by atoms with Crippen molar-refractivity contribution in [1.29, 1.82) is 0 Å². The first-order chi connectivity index (χ1) is 10.2. The van der Waals surface area contributed by atoms with Gasteiger partial charge in [-0.15, -0.1) is 0 Å². The van der Waals surface area contributed by atoms with Gasteiger partial charge in [0.2, 0.25) is 0 Å². The molecule has 2 rings (SSSR count). The number of ketones is 1. The molecule has 4 nitrogen and oxygen atoms in total. The average molecular weight is 314 g/mol. The molecule has 1 aromatic rings. The van der Waals surface area contributed by atoms with E-state index in [-0.39, 0.29) is 30.1 Å². The fourth-order valence-corrected chi connectivity index (χ4v) is 2.45. The van der Waals surface area contributed by atoms with E-state index in [1.165, 1.54) is 17.0 Å². The second kappa shape index (κ2) is 5.98. The third-order valence-corrected chi connectivity index (χ3v) is 3.72. The summed E-state index contributed by atoms with van der Waals surface area (Å²) in [5, 5.41) is 2.65. The standard InChI is InChI=1S/C15H17F3N2O2/c1-9(2)12-7-19-14(22)20(12)8-13(21)10-4-3-5-11(6-10)15(16,17)18/h3-6,9,12H,7-8H2,1-2H3,(H,19,22)/t12-/m1/s1. The maximum atomic E-state index is 12.7. The second-order valence-corrected chi connectivity index (χ2v) is 5.63. The maximum absolute atomic E-state index is 12.7. The minimum absolute atomic E-state index is 0.0444. The number of carbonyl (C=O) groups excluding carboxylic acids is 2. The van der Waals surface area contributed by atoms with E-state index < -0.39 is 17.5 Å². The molecule has 7 heteroatoms. The van der Waals surface area contributed by atoms with Crippen molar-refractivity contribution in [1.82, 2.24) is 10.2 Å². The number of halogens is 3. The van der Waals surface area contributed by atoms with Crippen molar-refractivity contribution >= 4 is 11.8 Å². The van der Waals surface area contributed by atoms with Crippen LogP contribution in [0.1, 0.15) is 29.8 Å². The number of Topliss-reactive ketones (excluding diaryl/α,β-unsaturated/α-hetero) is 1. The van der Waals surface area contributed by atoms with Gasteiger partial charge < -0.3 is 10.2 Å². The average Bonchev–Trinajstić information content (AvgIpc) is 2.79. The SMILES string of the molecule is CC(C)[C@H]1CNC(=O)N1CC(=O)c1cccc(C(F)(F)F)c1. The number of amides is 2. The first kappa shape index (κ1) is 16.3. The molecule has 1 heterocycles. The van der Waals surface area contributed by atoms with Crippen LogP contribution in [0.3, 0.4) is 0 Å². The Balaban J connectivity index is 2.17. The Morgan fingerprint density at radius 1 is 1.41 bits per heavy atom. The highest BCUT2D eigenvalue weighted by Gasteiger charge is 2.35. The number of hydrogen-bond donors (Lipinski definition) is 1. The minimum Gasteiger partial charge on any atom is -0.336 e. The third kappa shape index (κ3) is 3.40. The predicted molar refractivity (Wildman–Crippen MR) is 74.5 cm³/mol. The van der Waals surface area contributed by atoms with Crippen LogP contribution in [0, 0.1) is 5.92 Å². The van der Waals surface area contributed by atoms with Gasteiger partial charge in [0.05, 0.1) is 18.2 Å². The second-order valence-electron chi connectivity index (χ2n) is 5.63. The van der Waals surface area contributed by atoms with Gasteiger partial charge >= 0.3 is 12.2 Å². The Labute approximate surface area is 126 Å². The zero-order valence-electron chi connectivity index (χ0n) is 12.3. The highest BCUT2D eigenvalue weighted by atomic mass is 19.4. The number of nitrogens with zero attached hydrogens (tertiary/aromatic N) is 1. The largest absolute Gasteiger partial charge is 0.416 e. The van der Waals surface area contributed by atoms with E-state index in [0.717, 1.165) is 12.1 Å². The molecule has 2 amide bonds. The van der Waals surface area contributed by atoms with E-state index in [4.69, 9.17) is 0 Å². The summed E-state index contributed by atoms with van der Waals surface area (Å²) in [6, 6.07) is 3.76. The van der Waals surface area contributed by atoms with E-state index in [1.54, 1.807) is 0 Å². The van der Waals surface area contributed by atoms with Crippen molar-refractivity contribution in [3.63, 3.8) is 0 Å². The summed E-state index contributed by atoms with van der Waals surface area (Å²) in [5.41, 5.74) is -0.915. The molecule has 120 valence electrons. The molecule has 1 aromatic carbocycles. The van der Waals surface area contributed by atoms with E-state index in [2.05, 4.69) is 5.32 Å². The zero-order chi connectivity index (χ0) is 16.5. The molecular weight excluding hydrogens is 297 g/mol. The van der Waals surface area contributed by atoms with Crippen LogP contribution < -0.4 is 5.32 Å². The number of urea groups is 1. The lowest BCUT2D eigenvalue weighted by molar-refractivity contribution is -0.137. The molecule has 1 fully saturated rings. The van der Waals surface area contributed by atoms with Crippen LogP contribution in [-0.2, 0) is 6.18 Å². The lowest BCUT2D eigenvalue weighted by atomic mass is 10.0. The van der Waals surface area contributed by atoms with Crippen molar-refractivity contribution in [2.75, 3.05) is 13.1 Å². The smallest absolute Gasteiger partial charge is 0.336 e. The Morgan fingerprint density at radius 3 is 2.68 bits per heavy atom. The minimum atomic E-state index is -4.50. The van der Waals surface area contributed by atoms with Gasteiger partial charge in [0, 0.05) is 12.1 Å². The van der Waals surface area contributed by atoms with Crippen LogP contribution in [-0.4, -0.2) is 35.8 Å². The van der Waals surface area contributed by atoms with E-state index in [1.807, 2.05) is 13.8 Å². The monoisotopic (exact) mass is 314 g/mol. The van der Waals surface area contributed by atoms with Gasteiger partial charge in [-0.05, 0) is 18.1 Å². The lowest BCUT2D eigenvalue weighted by Crippen LogP contribution is -2.41. The van der Waals surface area contributed by atoms with Crippen molar-refractivity contribution in [3.8, 4) is 0 Å². The van der Waals surface area contributed by atoms with Crippen LogP contribution >= 0.6 is 0 Å². The number of hydrogen-bond acceptors (Lipinski definition) is 2. The fourth-order valence-electron chi connectivity index (χ4n) is 2.45. The summed E-state index contributed by atoms with van der Waals surface area (Å²) < 4.78 is 38.0. The van der Waals surface area contributed by atoms with Gasteiger partial charge in [-0.1, -0.05) is 26.0 Å². The van der Waals surface area contributed by atoms with Gasteiger partial charge in [-0.3, -0.25) is 4.79 Å². The molecule has 0 saturated carbocycles. The predicted octanol–water partition coefficient (Wildman–Crippen LogP) is 2.94. The highest BCUT2D eigenvalue weighted by Crippen LogP contribution is 2.29. The zero-order valence-corrected chi connectivity index (χ0v) is 12.3. The molecule has 1 saturated heterocycles. The normalized spacial score (nSPS) is 18.7. The first-order valence-electron chi connectivity index (χ1n) is 6.95. The van der Waals surface area contributed by atoms with Crippen molar-refractivity contribution in [3.05, 3.63) is 35.4 Å². The van der Waals surface area contributed by atoms with Crippen LogP contribution in [0.5, 0.6) is 0 Å². The molecule has 0 spiro atoms. The van der Waals surface area contributed by atoms with Gasteiger partial charge in [0.25, 0.3) is 0 Å². The molecule has 1 atom stereocenters. The van der Waals surface area contributed by atoms with Gasteiger partial charge in [0.15, 0.2) is 5.78 Å². The molecule has 0 aliphatic carbocycles. The summed E-state index contributed by atoms with van der Waals surface area (Å²) in [6.07, 6.45) is -4.50. The summed E-state index contributed by atoms with van der Waals surface area (Å²) >= 11 is 0. The van der Waals surface area contributed by atoms with Crippen LogP contribution in [0.25, 0.3) is 0 Å². The third-order valence-electron chi connectivity index (χ3n) is 3.72. The highest BCUT2D eigenvalue weighted by molar-refractivity contribution is 5.99. The molecule has 0 aromatic heterocycles. The van der Waals surface area contributed by atoms with Crippen LogP contribution in [0.4, 0.5) is 18.0 Å². The molecule has 0 unspecified atom stereocenters. The summed E-state index contributed by atoms with van der Waals surface area (Å²) in [5.74, 6) is -0.359. The number of carbonyl (C=O) groups is 2. The molecular formula is C15H17F3N2O2. The van der Waals surface area contributed by atoms with Gasteiger partial charge in [-0.25, -0.2) is 4.79 Å². The summed E-state index contributed by atoms with van der Waals surface area (Å²) in [4.78, 5) is 25.4. The number of alkyl halides is 3. The Bertz CT molecular complexity index is 584. The fraction of sp³-hybridized carbons (Fsp3) is 0.467. The van der Waals surface area contributed by atoms with E-state index in [0.29, 0.717) is 6.54 Å². The molecule has 1 N–H and O–H groups in total. The Hall–Kier alpha value is -2.05. The van der Waals surface area contributed by atoms with Gasteiger partial charge in [-0.2, -0.15) is 13.2 Å². The number of rotatable bonds is 4. The number of nitrogens with one attached hydrogen (secondary N) is 1. The Morgan fingerprint density at radius 2 is 2.09 bits per heavy atom. The molecule has 1 aliphatic rings. The summed E-state index contributed by atoms with van der Waals surface area (Å²) in [6.45, 7) is 4.06. The van der Waals surface area contributed by atoms with Crippen molar-refractivity contribution in [2.45, 2.75) is 26.1 Å². The molecule has 1 aliphatic heterocycles.